The smallest absolute Gasteiger partial charge is 0.391 e. The van der Waals surface area contributed by atoms with E-state index in [1.54, 1.807) is 0 Å². The standard InChI is InChI=1S/C16H14FN5O2S/c17-9-4-3-7(23)5-8(9)12-10-11(18)13(14(19)24)25-15(10)22-16(21-12)20-6-1-2-6/h3-6,23H,1-2,18H2,(H2,19,24)(H,20,21,22)/p+1. The number of benzene rings is 1. The molecule has 1 aromatic carbocycles. The quantitative estimate of drug-likeness (QED) is 0.565. The van der Waals surface area contributed by atoms with E-state index in [-0.39, 0.29) is 27.6 Å². The first kappa shape index (κ1) is 15.6. The van der Waals surface area contributed by atoms with Crippen LogP contribution in [0, 0.1) is 5.82 Å². The summed E-state index contributed by atoms with van der Waals surface area (Å²) in [7, 11) is 0. The largest absolute Gasteiger partial charge is 0.508 e. The molecule has 1 aliphatic rings. The van der Waals surface area contributed by atoms with Gasteiger partial charge in [0.15, 0.2) is 10.5 Å². The molecule has 1 amide bonds. The lowest BCUT2D eigenvalue weighted by Gasteiger charge is -2.05. The zero-order valence-electron chi connectivity index (χ0n) is 13.0. The van der Waals surface area contributed by atoms with Gasteiger partial charge in [-0.15, -0.1) is 0 Å². The molecule has 4 rings (SSSR count). The number of aromatic hydroxyl groups is 1. The number of nitrogen functional groups attached to an aromatic ring is 1. The highest BCUT2D eigenvalue weighted by Gasteiger charge is 2.30. The van der Waals surface area contributed by atoms with Gasteiger partial charge in [-0.05, 0) is 31.0 Å². The number of aromatic nitrogens is 2. The Morgan fingerprint density at radius 1 is 1.44 bits per heavy atom. The molecule has 0 bridgehead atoms. The van der Waals surface area contributed by atoms with Gasteiger partial charge in [0.25, 0.3) is 5.91 Å². The summed E-state index contributed by atoms with van der Waals surface area (Å²) in [5.74, 6) is -0.864. The minimum atomic E-state index is -0.661. The van der Waals surface area contributed by atoms with Gasteiger partial charge in [0, 0.05) is 0 Å². The van der Waals surface area contributed by atoms with Gasteiger partial charge in [0.1, 0.15) is 16.4 Å². The molecule has 2 heterocycles. The van der Waals surface area contributed by atoms with Crippen molar-refractivity contribution in [2.45, 2.75) is 18.9 Å². The Kier molecular flexibility index (Phi) is 3.46. The maximum atomic E-state index is 14.4. The molecule has 7 N–H and O–H groups in total. The SMILES string of the molecule is NC(=O)c1sc2[nH+]c(NC3CC3)nc(-c3cc(O)ccc3F)c2c1N. The molecule has 0 atom stereocenters. The summed E-state index contributed by atoms with van der Waals surface area (Å²) in [4.78, 5) is 19.9. The summed E-state index contributed by atoms with van der Waals surface area (Å²) in [5.41, 5.74) is 11.9. The average molecular weight is 360 g/mol. The van der Waals surface area contributed by atoms with Gasteiger partial charge >= 0.3 is 5.95 Å². The van der Waals surface area contributed by atoms with Crippen LogP contribution in [-0.2, 0) is 0 Å². The highest BCUT2D eigenvalue weighted by molar-refractivity contribution is 7.20. The minimum Gasteiger partial charge on any atom is -0.508 e. The van der Waals surface area contributed by atoms with Gasteiger partial charge in [-0.25, -0.2) is 9.37 Å². The number of thiophene rings is 1. The topological polar surface area (TPSA) is 128 Å². The number of fused-ring (bicyclic) bond motifs is 1. The molecule has 0 spiro atoms. The zero-order valence-corrected chi connectivity index (χ0v) is 13.8. The van der Waals surface area contributed by atoms with Crippen LogP contribution in [0.15, 0.2) is 18.2 Å². The molecule has 1 aliphatic carbocycles. The number of nitrogens with one attached hydrogen (secondary N) is 2. The van der Waals surface area contributed by atoms with Gasteiger partial charge in [0.05, 0.1) is 22.7 Å². The van der Waals surface area contributed by atoms with Crippen molar-refractivity contribution in [3.63, 3.8) is 0 Å². The number of hydrogen-bond acceptors (Lipinski definition) is 6. The number of H-pyrrole nitrogens is 1. The van der Waals surface area contributed by atoms with Crippen LogP contribution < -0.4 is 21.8 Å². The first-order chi connectivity index (χ1) is 11.9. The molecule has 1 fully saturated rings. The molecule has 128 valence electrons. The first-order valence-corrected chi connectivity index (χ1v) is 8.46. The number of amides is 1. The van der Waals surface area contributed by atoms with E-state index in [2.05, 4.69) is 15.3 Å². The predicted octanol–water partition coefficient (Wildman–Crippen LogP) is 1.88. The number of anilines is 2. The van der Waals surface area contributed by atoms with E-state index < -0.39 is 11.7 Å². The maximum absolute atomic E-state index is 14.4. The molecule has 0 radical (unpaired) electrons. The van der Waals surface area contributed by atoms with Crippen molar-refractivity contribution in [2.75, 3.05) is 11.1 Å². The lowest BCUT2D eigenvalue weighted by atomic mass is 10.1. The van der Waals surface area contributed by atoms with Crippen molar-refractivity contribution in [1.82, 2.24) is 4.98 Å². The van der Waals surface area contributed by atoms with Crippen molar-refractivity contribution >= 4 is 39.1 Å². The predicted molar refractivity (Wildman–Crippen MR) is 92.8 cm³/mol. The van der Waals surface area contributed by atoms with Crippen LogP contribution in [0.4, 0.5) is 16.0 Å². The van der Waals surface area contributed by atoms with Crippen LogP contribution in [0.2, 0.25) is 0 Å². The third kappa shape index (κ3) is 2.72. The second-order valence-corrected chi connectivity index (χ2v) is 6.95. The Morgan fingerprint density at radius 2 is 2.20 bits per heavy atom. The van der Waals surface area contributed by atoms with E-state index >= 15 is 0 Å². The number of nitrogens with two attached hydrogens (primary N) is 2. The molecule has 2 aromatic heterocycles. The number of rotatable bonds is 4. The summed E-state index contributed by atoms with van der Waals surface area (Å²) in [5, 5.41) is 13.4. The third-order valence-electron chi connectivity index (χ3n) is 3.98. The molecule has 9 heteroatoms. The van der Waals surface area contributed by atoms with Gasteiger partial charge in [-0.1, -0.05) is 16.3 Å². The van der Waals surface area contributed by atoms with Gasteiger partial charge in [-0.2, -0.15) is 0 Å². The van der Waals surface area contributed by atoms with E-state index in [0.717, 1.165) is 30.2 Å². The highest BCUT2D eigenvalue weighted by Crippen LogP contribution is 2.39. The van der Waals surface area contributed by atoms with E-state index in [4.69, 9.17) is 11.5 Å². The number of primary amides is 1. The summed E-state index contributed by atoms with van der Waals surface area (Å²) in [6.45, 7) is 0. The summed E-state index contributed by atoms with van der Waals surface area (Å²) in [6, 6.07) is 4.00. The number of hydrogen-bond donors (Lipinski definition) is 4. The Balaban J connectivity index is 2.01. The summed E-state index contributed by atoms with van der Waals surface area (Å²) < 4.78 is 14.4. The summed E-state index contributed by atoms with van der Waals surface area (Å²) >= 11 is 1.09. The van der Waals surface area contributed by atoms with Crippen LogP contribution in [0.25, 0.3) is 21.5 Å². The van der Waals surface area contributed by atoms with Crippen LogP contribution in [-0.4, -0.2) is 22.0 Å². The lowest BCUT2D eigenvalue weighted by molar-refractivity contribution is -0.328. The van der Waals surface area contributed by atoms with Crippen molar-refractivity contribution < 1.29 is 19.3 Å². The number of halogens is 1. The molecule has 1 saturated carbocycles. The van der Waals surface area contributed by atoms with E-state index in [1.807, 2.05) is 0 Å². The highest BCUT2D eigenvalue weighted by atomic mass is 32.1. The number of aromatic amines is 1. The monoisotopic (exact) mass is 360 g/mol. The first-order valence-electron chi connectivity index (χ1n) is 7.64. The molecule has 7 nitrogen and oxygen atoms in total. The second kappa shape index (κ2) is 5.55. The average Bonchev–Trinajstić information content (AvgIpc) is 3.31. The molecule has 0 aliphatic heterocycles. The van der Waals surface area contributed by atoms with Crippen LogP contribution >= 0.6 is 11.3 Å². The Morgan fingerprint density at radius 3 is 2.88 bits per heavy atom. The second-order valence-electron chi connectivity index (χ2n) is 5.93. The van der Waals surface area contributed by atoms with Crippen LogP contribution in [0.1, 0.15) is 22.5 Å². The van der Waals surface area contributed by atoms with E-state index in [9.17, 15) is 14.3 Å². The Bertz CT molecular complexity index is 1020. The third-order valence-corrected chi connectivity index (χ3v) is 5.12. The fourth-order valence-corrected chi connectivity index (χ4v) is 3.61. The number of carbonyl (C=O) groups excluding carboxylic acids is 1. The molecule has 3 aromatic rings. The molecular formula is C16H15FN5O2S+. The fraction of sp³-hybridized carbons (Fsp3) is 0.188. The van der Waals surface area contributed by atoms with Gasteiger partial charge in [-0.3, -0.25) is 10.1 Å². The molecule has 0 unspecified atom stereocenters. The molecular weight excluding hydrogens is 345 g/mol. The number of nitrogens with zero attached hydrogens (tertiary/aromatic N) is 1. The van der Waals surface area contributed by atoms with Crippen molar-refractivity contribution in [3.05, 3.63) is 28.9 Å². The van der Waals surface area contributed by atoms with Gasteiger partial charge < -0.3 is 16.6 Å². The van der Waals surface area contributed by atoms with Crippen LogP contribution in [0.5, 0.6) is 5.75 Å². The maximum Gasteiger partial charge on any atom is 0.391 e. The van der Waals surface area contributed by atoms with E-state index in [1.165, 1.54) is 12.1 Å². The number of carbonyl (C=O) groups is 1. The molecule has 0 saturated heterocycles. The Labute approximate surface area is 145 Å². The van der Waals surface area contributed by atoms with E-state index in [0.29, 0.717) is 22.2 Å². The normalized spacial score (nSPS) is 14.0. The van der Waals surface area contributed by atoms with Crippen molar-refractivity contribution in [3.8, 4) is 17.0 Å². The van der Waals surface area contributed by atoms with Crippen molar-refractivity contribution in [2.24, 2.45) is 5.73 Å². The van der Waals surface area contributed by atoms with Crippen LogP contribution in [0.3, 0.4) is 0 Å². The van der Waals surface area contributed by atoms with Crippen molar-refractivity contribution in [1.29, 1.82) is 0 Å². The number of phenols is 1. The number of phenolic OH excluding ortho intramolecular Hbond substituents is 1. The van der Waals surface area contributed by atoms with Gasteiger partial charge in [0.2, 0.25) is 0 Å². The lowest BCUT2D eigenvalue weighted by Crippen LogP contribution is -2.17. The Hall–Kier alpha value is -2.94. The molecule has 25 heavy (non-hydrogen) atoms. The summed E-state index contributed by atoms with van der Waals surface area (Å²) in [6.07, 6.45) is 2.06. The minimum absolute atomic E-state index is 0.0957. The fourth-order valence-electron chi connectivity index (χ4n) is 2.63. The zero-order chi connectivity index (χ0) is 17.7.